The van der Waals surface area contributed by atoms with E-state index >= 15 is 0 Å². The molecular weight excluding hydrogens is 404 g/mol. The minimum absolute atomic E-state index is 0.184. The maximum absolute atomic E-state index is 13.9. The molecule has 0 amide bonds. The van der Waals surface area contributed by atoms with Crippen molar-refractivity contribution >= 4 is 45.2 Å². The van der Waals surface area contributed by atoms with Gasteiger partial charge in [0.05, 0.1) is 20.0 Å². The minimum atomic E-state index is -0.195. The molecule has 2 heterocycles. The average Bonchev–Trinajstić information content (AvgIpc) is 3.05. The summed E-state index contributed by atoms with van der Waals surface area (Å²) in [6, 6.07) is 3.37. The highest BCUT2D eigenvalue weighted by Gasteiger charge is 2.18. The van der Waals surface area contributed by atoms with Crippen molar-refractivity contribution in [3.63, 3.8) is 0 Å². The van der Waals surface area contributed by atoms with E-state index < -0.39 is 0 Å². The Bertz CT molecular complexity index is 650. The molecule has 0 spiro atoms. The van der Waals surface area contributed by atoms with Gasteiger partial charge < -0.3 is 9.47 Å². The zero-order valence-corrected chi connectivity index (χ0v) is 14.9. The Morgan fingerprint density at radius 2 is 2.05 bits per heavy atom. The number of nitrogens with zero attached hydrogens (tertiary/aromatic N) is 3. The van der Waals surface area contributed by atoms with Crippen molar-refractivity contribution in [2.75, 3.05) is 19.6 Å². The molecule has 1 aromatic heterocycles. The summed E-state index contributed by atoms with van der Waals surface area (Å²) in [6.45, 7) is 6.00. The number of likely N-dealkylation sites (tertiary alicyclic amines) is 1. The molecule has 3 rings (SSSR count). The van der Waals surface area contributed by atoms with Crippen LogP contribution in [0.3, 0.4) is 0 Å². The van der Waals surface area contributed by atoms with Crippen LogP contribution < -0.4 is 0 Å². The first-order chi connectivity index (χ1) is 10.1. The summed E-state index contributed by atoms with van der Waals surface area (Å²) in [5.74, 6) is 0.631. The average molecular weight is 422 g/mol. The Balaban J connectivity index is 1.96. The summed E-state index contributed by atoms with van der Waals surface area (Å²) >= 11 is 8.26. The van der Waals surface area contributed by atoms with Crippen molar-refractivity contribution in [2.45, 2.75) is 31.7 Å². The van der Waals surface area contributed by atoms with E-state index in [1.54, 1.807) is 12.1 Å². The second kappa shape index (κ2) is 6.38. The fourth-order valence-corrected chi connectivity index (χ4v) is 3.54. The van der Waals surface area contributed by atoms with Gasteiger partial charge in [0, 0.05) is 19.2 Å². The van der Waals surface area contributed by atoms with Crippen LogP contribution in [0.4, 0.5) is 4.39 Å². The van der Waals surface area contributed by atoms with Crippen LogP contribution in [0.15, 0.2) is 12.1 Å². The van der Waals surface area contributed by atoms with Gasteiger partial charge in [0.1, 0.15) is 11.6 Å². The Morgan fingerprint density at radius 3 is 2.71 bits per heavy atom. The molecule has 1 aliphatic heterocycles. The zero-order chi connectivity index (χ0) is 15.0. The molecule has 1 aliphatic rings. The number of rotatable bonds is 4. The van der Waals surface area contributed by atoms with E-state index in [1.165, 1.54) is 12.8 Å². The van der Waals surface area contributed by atoms with Crippen molar-refractivity contribution in [1.82, 2.24) is 14.5 Å². The fraction of sp³-hybridized carbons (Fsp3) is 0.533. The van der Waals surface area contributed by atoms with Crippen LogP contribution in [0.2, 0.25) is 0 Å². The first-order valence-corrected chi connectivity index (χ1v) is 8.79. The van der Waals surface area contributed by atoms with E-state index in [1.807, 2.05) is 29.5 Å². The normalized spacial score (nSPS) is 17.7. The summed E-state index contributed by atoms with van der Waals surface area (Å²) in [5.41, 5.74) is 1.67. The Labute approximate surface area is 142 Å². The van der Waals surface area contributed by atoms with Gasteiger partial charge in [0.15, 0.2) is 0 Å². The third-order valence-corrected chi connectivity index (χ3v) is 5.04. The number of hydrogen-bond donors (Lipinski definition) is 0. The maximum atomic E-state index is 13.9. The quantitative estimate of drug-likeness (QED) is 0.546. The van der Waals surface area contributed by atoms with E-state index in [4.69, 9.17) is 11.6 Å². The zero-order valence-electron chi connectivity index (χ0n) is 12.0. The van der Waals surface area contributed by atoms with E-state index in [9.17, 15) is 4.39 Å². The second-order valence-electron chi connectivity index (χ2n) is 5.54. The monoisotopic (exact) mass is 421 g/mol. The van der Waals surface area contributed by atoms with Gasteiger partial charge in [-0.15, -0.1) is 11.6 Å². The number of aromatic nitrogens is 2. The number of fused-ring (bicyclic) bond motifs is 1. The largest absolute Gasteiger partial charge is 0.325 e. The lowest BCUT2D eigenvalue weighted by atomic mass is 10.3. The summed E-state index contributed by atoms with van der Waals surface area (Å²) in [4.78, 5) is 7.04. The molecule has 6 heteroatoms. The number of hydrogen-bond acceptors (Lipinski definition) is 2. The van der Waals surface area contributed by atoms with Crippen LogP contribution in [0.25, 0.3) is 11.0 Å². The summed E-state index contributed by atoms with van der Waals surface area (Å²) < 4.78 is 16.6. The SMILES string of the molecule is CC(Cl)c1nc2cc(I)c(F)cc2n1CCN1CCCC1. The predicted octanol–water partition coefficient (Wildman–Crippen LogP) is 4.18. The topological polar surface area (TPSA) is 21.1 Å². The Kier molecular flexibility index (Phi) is 4.71. The Morgan fingerprint density at radius 1 is 1.33 bits per heavy atom. The molecule has 3 nitrogen and oxygen atoms in total. The molecule has 1 aromatic carbocycles. The Hall–Kier alpha value is -0.400. The van der Waals surface area contributed by atoms with Crippen LogP contribution in [-0.2, 0) is 6.54 Å². The molecule has 2 aromatic rings. The number of benzene rings is 1. The van der Waals surface area contributed by atoms with E-state index in [0.29, 0.717) is 3.57 Å². The van der Waals surface area contributed by atoms with Crippen molar-refractivity contribution in [1.29, 1.82) is 0 Å². The molecule has 1 fully saturated rings. The maximum Gasteiger partial charge on any atom is 0.138 e. The lowest BCUT2D eigenvalue weighted by Gasteiger charge is -2.17. The van der Waals surface area contributed by atoms with Crippen LogP contribution in [-0.4, -0.2) is 34.1 Å². The number of alkyl halides is 1. The third-order valence-electron chi connectivity index (χ3n) is 4.01. The standard InChI is InChI=1S/C15H18ClFIN3/c1-10(16)15-19-13-9-12(18)11(17)8-14(13)21(15)7-6-20-4-2-3-5-20/h8-10H,2-7H2,1H3. The van der Waals surface area contributed by atoms with Gasteiger partial charge >= 0.3 is 0 Å². The number of imidazole rings is 1. The van der Waals surface area contributed by atoms with Gasteiger partial charge in [-0.2, -0.15) is 0 Å². The van der Waals surface area contributed by atoms with Gasteiger partial charge in [-0.3, -0.25) is 0 Å². The smallest absolute Gasteiger partial charge is 0.138 e. The van der Waals surface area contributed by atoms with Crippen LogP contribution in [0.5, 0.6) is 0 Å². The highest BCUT2D eigenvalue weighted by molar-refractivity contribution is 14.1. The lowest BCUT2D eigenvalue weighted by Crippen LogP contribution is -2.24. The molecule has 0 aliphatic carbocycles. The van der Waals surface area contributed by atoms with Gasteiger partial charge in [-0.1, -0.05) is 0 Å². The fourth-order valence-electron chi connectivity index (χ4n) is 2.93. The molecule has 0 bridgehead atoms. The van der Waals surface area contributed by atoms with Crippen LogP contribution >= 0.6 is 34.2 Å². The molecule has 21 heavy (non-hydrogen) atoms. The van der Waals surface area contributed by atoms with Crippen molar-refractivity contribution < 1.29 is 4.39 Å². The number of halogens is 3. The predicted molar refractivity (Wildman–Crippen MR) is 92.4 cm³/mol. The second-order valence-corrected chi connectivity index (χ2v) is 7.36. The summed E-state index contributed by atoms with van der Waals surface area (Å²) in [7, 11) is 0. The van der Waals surface area contributed by atoms with Gasteiger partial charge in [-0.25, -0.2) is 9.37 Å². The first-order valence-electron chi connectivity index (χ1n) is 7.28. The summed E-state index contributed by atoms with van der Waals surface area (Å²) in [6.07, 6.45) is 2.55. The molecular formula is C15H18ClFIN3. The molecule has 0 N–H and O–H groups in total. The molecule has 1 unspecified atom stereocenters. The molecule has 0 saturated carbocycles. The van der Waals surface area contributed by atoms with Crippen LogP contribution in [0.1, 0.15) is 31.0 Å². The lowest BCUT2D eigenvalue weighted by molar-refractivity contribution is 0.322. The highest BCUT2D eigenvalue weighted by atomic mass is 127. The van der Waals surface area contributed by atoms with Gasteiger partial charge in [-0.05, 0) is 61.5 Å². The van der Waals surface area contributed by atoms with Crippen LogP contribution in [0, 0.1) is 9.39 Å². The van der Waals surface area contributed by atoms with E-state index in [2.05, 4.69) is 14.5 Å². The molecule has 1 atom stereocenters. The van der Waals surface area contributed by atoms with E-state index in [-0.39, 0.29) is 11.2 Å². The molecule has 0 radical (unpaired) electrons. The molecule has 1 saturated heterocycles. The first kappa shape index (κ1) is 15.5. The highest BCUT2D eigenvalue weighted by Crippen LogP contribution is 2.27. The molecule has 114 valence electrons. The summed E-state index contributed by atoms with van der Waals surface area (Å²) in [5, 5.41) is -0.184. The van der Waals surface area contributed by atoms with Crippen molar-refractivity contribution in [2.24, 2.45) is 0 Å². The third kappa shape index (κ3) is 3.19. The van der Waals surface area contributed by atoms with Crippen molar-refractivity contribution in [3.05, 3.63) is 27.3 Å². The van der Waals surface area contributed by atoms with E-state index in [0.717, 1.165) is 43.0 Å². The minimum Gasteiger partial charge on any atom is -0.325 e. The van der Waals surface area contributed by atoms with Crippen molar-refractivity contribution in [3.8, 4) is 0 Å². The van der Waals surface area contributed by atoms with Gasteiger partial charge in [0.25, 0.3) is 0 Å². The van der Waals surface area contributed by atoms with Gasteiger partial charge in [0.2, 0.25) is 0 Å².